The summed E-state index contributed by atoms with van der Waals surface area (Å²) in [6.45, 7) is 0. The minimum Gasteiger partial charge on any atom is -0.351 e. The minimum absolute atomic E-state index is 0.235. The van der Waals surface area contributed by atoms with E-state index in [2.05, 4.69) is 30.5 Å². The van der Waals surface area contributed by atoms with Gasteiger partial charge in [0.2, 0.25) is 5.13 Å². The molecule has 28 heavy (non-hydrogen) atoms. The number of thioether (sulfide) groups is 1. The van der Waals surface area contributed by atoms with Crippen LogP contribution < -0.4 is 5.32 Å². The van der Waals surface area contributed by atoms with Crippen molar-refractivity contribution in [2.45, 2.75) is 10.1 Å². The highest BCUT2D eigenvalue weighted by Gasteiger charge is 2.13. The van der Waals surface area contributed by atoms with Crippen LogP contribution >= 0.6 is 23.1 Å². The maximum absolute atomic E-state index is 12.4. The van der Waals surface area contributed by atoms with Crippen LogP contribution in [-0.4, -0.2) is 31.1 Å². The number of rotatable bonds is 5. The number of hydrogen-bond acceptors (Lipinski definition) is 6. The molecule has 5 rings (SSSR count). The molecule has 0 atom stereocenters. The van der Waals surface area contributed by atoms with Gasteiger partial charge in [-0.25, -0.2) is 4.98 Å². The number of imidazole rings is 1. The number of hydrogen-bond donors (Lipinski definition) is 3. The Morgan fingerprint density at radius 3 is 2.71 bits per heavy atom. The molecular formula is C19H14N6OS2. The second-order valence-electron chi connectivity index (χ2n) is 6.09. The van der Waals surface area contributed by atoms with Gasteiger partial charge < -0.3 is 9.97 Å². The Morgan fingerprint density at radius 1 is 1.04 bits per heavy atom. The van der Waals surface area contributed by atoms with Crippen molar-refractivity contribution in [3.8, 4) is 0 Å². The largest absolute Gasteiger partial charge is 0.351 e. The Hall–Kier alpha value is -3.17. The molecule has 2 aromatic carbocycles. The summed E-state index contributed by atoms with van der Waals surface area (Å²) >= 11 is 2.87. The number of carbonyl (C=O) groups is 1. The van der Waals surface area contributed by atoms with Crippen molar-refractivity contribution in [2.75, 3.05) is 5.32 Å². The number of nitrogens with zero attached hydrogens (tertiary/aromatic N) is 3. The normalized spacial score (nSPS) is 11.3. The molecule has 3 N–H and O–H groups in total. The molecule has 0 aliphatic carbocycles. The molecule has 0 saturated carbocycles. The molecule has 0 saturated heterocycles. The van der Waals surface area contributed by atoms with Gasteiger partial charge in [-0.05, 0) is 24.3 Å². The van der Waals surface area contributed by atoms with E-state index in [1.807, 2.05) is 54.6 Å². The molecule has 0 aliphatic rings. The third kappa shape index (κ3) is 3.37. The van der Waals surface area contributed by atoms with Gasteiger partial charge in [0.05, 0.1) is 16.8 Å². The van der Waals surface area contributed by atoms with Crippen molar-refractivity contribution >= 4 is 56.1 Å². The zero-order valence-electron chi connectivity index (χ0n) is 14.5. The number of carbonyl (C=O) groups excluding carboxylic acids is 1. The van der Waals surface area contributed by atoms with Gasteiger partial charge in [-0.1, -0.05) is 53.4 Å². The van der Waals surface area contributed by atoms with E-state index < -0.39 is 0 Å². The average molecular weight is 406 g/mol. The first-order valence-corrected chi connectivity index (χ1v) is 10.3. The van der Waals surface area contributed by atoms with E-state index in [1.54, 1.807) is 0 Å². The van der Waals surface area contributed by atoms with Crippen LogP contribution in [0.1, 0.15) is 16.3 Å². The summed E-state index contributed by atoms with van der Waals surface area (Å²) in [5, 5.41) is 12.5. The molecule has 3 heterocycles. The van der Waals surface area contributed by atoms with Crippen LogP contribution in [0.25, 0.3) is 21.9 Å². The molecule has 5 aromatic rings. The van der Waals surface area contributed by atoms with E-state index in [9.17, 15) is 4.79 Å². The second kappa shape index (κ2) is 7.10. The molecular weight excluding hydrogens is 392 g/mol. The van der Waals surface area contributed by atoms with Gasteiger partial charge in [0.25, 0.3) is 5.91 Å². The molecule has 0 bridgehead atoms. The Kier molecular flexibility index (Phi) is 4.30. The SMILES string of the molecule is O=C(Nc1nnc(SCc2nc3ccccc3[nH]2)s1)c1cc2ccccc2[nH]1. The van der Waals surface area contributed by atoms with E-state index in [0.717, 1.165) is 32.1 Å². The van der Waals surface area contributed by atoms with Crippen LogP contribution in [0.2, 0.25) is 0 Å². The Labute approximate surface area is 167 Å². The lowest BCUT2D eigenvalue weighted by Gasteiger charge is -1.97. The first-order chi connectivity index (χ1) is 13.7. The molecule has 7 nitrogen and oxygen atoms in total. The number of para-hydroxylation sites is 3. The predicted molar refractivity (Wildman–Crippen MR) is 112 cm³/mol. The maximum atomic E-state index is 12.4. The second-order valence-corrected chi connectivity index (χ2v) is 8.29. The highest BCUT2D eigenvalue weighted by Crippen LogP contribution is 2.28. The topological polar surface area (TPSA) is 99.3 Å². The average Bonchev–Trinajstić information content (AvgIpc) is 3.43. The van der Waals surface area contributed by atoms with E-state index in [4.69, 9.17) is 0 Å². The van der Waals surface area contributed by atoms with Crippen LogP contribution in [0.15, 0.2) is 58.9 Å². The smallest absolute Gasteiger partial charge is 0.273 e. The fourth-order valence-corrected chi connectivity index (χ4v) is 4.50. The molecule has 0 spiro atoms. The van der Waals surface area contributed by atoms with Crippen molar-refractivity contribution in [3.63, 3.8) is 0 Å². The maximum Gasteiger partial charge on any atom is 0.273 e. The summed E-state index contributed by atoms with van der Waals surface area (Å²) in [7, 11) is 0. The molecule has 1 amide bonds. The summed E-state index contributed by atoms with van der Waals surface area (Å²) in [6, 6.07) is 17.5. The summed E-state index contributed by atoms with van der Waals surface area (Å²) in [6.07, 6.45) is 0. The van der Waals surface area contributed by atoms with Crippen LogP contribution in [0.5, 0.6) is 0 Å². The van der Waals surface area contributed by atoms with E-state index >= 15 is 0 Å². The molecule has 0 aliphatic heterocycles. The van der Waals surface area contributed by atoms with Crippen molar-refractivity contribution in [1.29, 1.82) is 0 Å². The zero-order valence-corrected chi connectivity index (χ0v) is 16.1. The van der Waals surface area contributed by atoms with Gasteiger partial charge in [0.1, 0.15) is 11.5 Å². The molecule has 0 fully saturated rings. The Morgan fingerprint density at radius 2 is 1.86 bits per heavy atom. The van der Waals surface area contributed by atoms with Gasteiger partial charge in [0, 0.05) is 10.9 Å². The fraction of sp³-hybridized carbons (Fsp3) is 0.0526. The highest BCUT2D eigenvalue weighted by atomic mass is 32.2. The number of nitrogens with one attached hydrogen (secondary N) is 3. The number of H-pyrrole nitrogens is 2. The quantitative estimate of drug-likeness (QED) is 0.296. The standard InChI is InChI=1S/C19H14N6OS2/c26-17(15-9-11-5-1-2-6-12(11)20-15)23-18-24-25-19(28-18)27-10-16-21-13-7-3-4-8-14(13)22-16/h1-9,20H,10H2,(H,21,22)(H,23,24,26). The van der Waals surface area contributed by atoms with Gasteiger partial charge in [-0.15, -0.1) is 10.2 Å². The fourth-order valence-electron chi connectivity index (χ4n) is 2.88. The lowest BCUT2D eigenvalue weighted by molar-refractivity contribution is 0.102. The van der Waals surface area contributed by atoms with Gasteiger partial charge in [-0.2, -0.15) is 0 Å². The Balaban J connectivity index is 1.24. The predicted octanol–water partition coefficient (Wildman–Crippen LogP) is 4.44. The minimum atomic E-state index is -0.235. The van der Waals surface area contributed by atoms with Crippen LogP contribution in [0.4, 0.5) is 5.13 Å². The monoisotopic (exact) mass is 406 g/mol. The zero-order chi connectivity index (χ0) is 18.9. The number of fused-ring (bicyclic) bond motifs is 2. The highest BCUT2D eigenvalue weighted by molar-refractivity contribution is 8.00. The van der Waals surface area contributed by atoms with Gasteiger partial charge in [-0.3, -0.25) is 10.1 Å². The van der Waals surface area contributed by atoms with Crippen molar-refractivity contribution in [3.05, 3.63) is 66.1 Å². The summed E-state index contributed by atoms with van der Waals surface area (Å²) in [4.78, 5) is 23.4. The van der Waals surface area contributed by atoms with E-state index in [-0.39, 0.29) is 5.91 Å². The van der Waals surface area contributed by atoms with Gasteiger partial charge in [0.15, 0.2) is 4.34 Å². The van der Waals surface area contributed by atoms with E-state index in [0.29, 0.717) is 16.6 Å². The summed E-state index contributed by atoms with van der Waals surface area (Å²) < 4.78 is 0.771. The lowest BCUT2D eigenvalue weighted by atomic mass is 10.2. The number of benzene rings is 2. The van der Waals surface area contributed by atoms with Crippen molar-refractivity contribution < 1.29 is 4.79 Å². The number of anilines is 1. The molecule has 3 aromatic heterocycles. The first-order valence-electron chi connectivity index (χ1n) is 8.54. The molecule has 0 unspecified atom stereocenters. The molecule has 138 valence electrons. The van der Waals surface area contributed by atoms with E-state index in [1.165, 1.54) is 23.1 Å². The summed E-state index contributed by atoms with van der Waals surface area (Å²) in [5.74, 6) is 1.30. The lowest BCUT2D eigenvalue weighted by Crippen LogP contribution is -2.11. The third-order valence-electron chi connectivity index (χ3n) is 4.17. The molecule has 0 radical (unpaired) electrons. The van der Waals surface area contributed by atoms with Gasteiger partial charge >= 0.3 is 0 Å². The van der Waals surface area contributed by atoms with Crippen LogP contribution in [-0.2, 0) is 5.75 Å². The Bertz CT molecular complexity index is 1220. The van der Waals surface area contributed by atoms with Crippen LogP contribution in [0, 0.1) is 0 Å². The number of aromatic amines is 2. The summed E-state index contributed by atoms with van der Waals surface area (Å²) in [5.41, 5.74) is 3.38. The molecule has 9 heteroatoms. The van der Waals surface area contributed by atoms with Crippen molar-refractivity contribution in [2.24, 2.45) is 0 Å². The number of aromatic nitrogens is 5. The first kappa shape index (κ1) is 17.0. The third-order valence-corrected chi connectivity index (χ3v) is 6.16. The van der Waals surface area contributed by atoms with Crippen LogP contribution in [0.3, 0.4) is 0 Å². The van der Waals surface area contributed by atoms with Crippen molar-refractivity contribution in [1.82, 2.24) is 25.1 Å². The number of amides is 1.